The molecule has 0 radical (unpaired) electrons. The number of nitro benzene ring substituents is 1. The number of ether oxygens (including phenoxy) is 1. The molecule has 3 N–H and O–H groups in total. The highest BCUT2D eigenvalue weighted by molar-refractivity contribution is 6.02. The van der Waals surface area contributed by atoms with Crippen molar-refractivity contribution < 1.29 is 19.2 Å². The maximum absolute atomic E-state index is 13.3. The van der Waals surface area contributed by atoms with Gasteiger partial charge in [0.2, 0.25) is 0 Å². The smallest absolute Gasteiger partial charge is 0.326 e. The van der Waals surface area contributed by atoms with Crippen LogP contribution in [0.5, 0.6) is 11.5 Å². The number of hydrogen-bond donors (Lipinski definition) is 3. The summed E-state index contributed by atoms with van der Waals surface area (Å²) in [5.74, 6) is 1.31. The predicted octanol–water partition coefficient (Wildman–Crippen LogP) is 6.56. The van der Waals surface area contributed by atoms with E-state index in [1.54, 1.807) is 30.3 Å². The fourth-order valence-corrected chi connectivity index (χ4v) is 3.70. The molecule has 0 saturated carbocycles. The van der Waals surface area contributed by atoms with Crippen molar-refractivity contribution in [2.75, 3.05) is 28.6 Å². The average molecular weight is 526 g/mol. The van der Waals surface area contributed by atoms with Crippen LogP contribution in [0.1, 0.15) is 5.56 Å². The number of urea groups is 2. The Hall–Kier alpha value is -5.38. The number of rotatable bonds is 9. The van der Waals surface area contributed by atoms with Gasteiger partial charge in [0.15, 0.2) is 0 Å². The van der Waals surface area contributed by atoms with Crippen LogP contribution in [0.25, 0.3) is 0 Å². The zero-order valence-corrected chi connectivity index (χ0v) is 21.2. The van der Waals surface area contributed by atoms with Crippen molar-refractivity contribution >= 4 is 34.8 Å². The number of aryl methyl sites for hydroxylation is 1. The van der Waals surface area contributed by atoms with Gasteiger partial charge in [-0.15, -0.1) is 0 Å². The molecule has 4 aromatic carbocycles. The first kappa shape index (κ1) is 26.7. The number of para-hydroxylation sites is 1. The zero-order chi connectivity index (χ0) is 27.6. The molecular weight excluding hydrogens is 498 g/mol. The third kappa shape index (κ3) is 7.80. The minimum atomic E-state index is -0.513. The summed E-state index contributed by atoms with van der Waals surface area (Å²) in [4.78, 5) is 37.4. The van der Waals surface area contributed by atoms with Gasteiger partial charge in [0.25, 0.3) is 5.69 Å². The van der Waals surface area contributed by atoms with E-state index in [0.29, 0.717) is 28.6 Å². The minimum Gasteiger partial charge on any atom is -0.457 e. The number of carbonyl (C=O) groups is 2. The molecule has 0 aliphatic carbocycles. The lowest BCUT2D eigenvalue weighted by Crippen LogP contribution is -2.42. The molecule has 0 aromatic heterocycles. The summed E-state index contributed by atoms with van der Waals surface area (Å²) < 4.78 is 5.85. The topological polar surface area (TPSA) is 126 Å². The molecule has 10 heteroatoms. The van der Waals surface area contributed by atoms with Crippen molar-refractivity contribution in [3.8, 4) is 11.5 Å². The van der Waals surface area contributed by atoms with Gasteiger partial charge in [-0.1, -0.05) is 30.3 Å². The second kappa shape index (κ2) is 12.7. The number of hydrogen-bond acceptors (Lipinski definition) is 5. The van der Waals surface area contributed by atoms with Gasteiger partial charge in [0.1, 0.15) is 11.5 Å². The van der Waals surface area contributed by atoms with Crippen molar-refractivity contribution in [2.45, 2.75) is 6.92 Å². The van der Waals surface area contributed by atoms with Gasteiger partial charge >= 0.3 is 12.1 Å². The Morgan fingerprint density at radius 3 is 2.18 bits per heavy atom. The molecule has 0 fully saturated rings. The maximum atomic E-state index is 13.3. The molecule has 4 amide bonds. The van der Waals surface area contributed by atoms with Crippen molar-refractivity contribution in [3.63, 3.8) is 0 Å². The van der Waals surface area contributed by atoms with Crippen LogP contribution in [0.4, 0.5) is 32.3 Å². The number of anilines is 3. The number of carbonyl (C=O) groups excluding carboxylic acids is 2. The lowest BCUT2D eigenvalue weighted by molar-refractivity contribution is -0.384. The van der Waals surface area contributed by atoms with Gasteiger partial charge in [-0.25, -0.2) is 9.59 Å². The number of non-ortho nitro benzene ring substituents is 1. The van der Waals surface area contributed by atoms with Crippen LogP contribution >= 0.6 is 0 Å². The number of amides is 4. The molecule has 4 aromatic rings. The maximum Gasteiger partial charge on any atom is 0.326 e. The second-order valence-corrected chi connectivity index (χ2v) is 8.55. The van der Waals surface area contributed by atoms with Crippen molar-refractivity contribution in [2.24, 2.45) is 0 Å². The molecular formula is C29H27N5O5. The van der Waals surface area contributed by atoms with Crippen LogP contribution in [-0.4, -0.2) is 30.1 Å². The van der Waals surface area contributed by atoms with E-state index in [0.717, 1.165) is 5.56 Å². The quantitative estimate of drug-likeness (QED) is 0.169. The van der Waals surface area contributed by atoms with E-state index in [1.807, 2.05) is 55.5 Å². The molecule has 0 heterocycles. The highest BCUT2D eigenvalue weighted by atomic mass is 16.6. The van der Waals surface area contributed by atoms with Gasteiger partial charge in [0, 0.05) is 42.3 Å². The van der Waals surface area contributed by atoms with E-state index in [-0.39, 0.29) is 24.8 Å². The lowest BCUT2D eigenvalue weighted by Gasteiger charge is -2.24. The van der Waals surface area contributed by atoms with E-state index in [4.69, 9.17) is 4.74 Å². The fraction of sp³-hybridized carbons (Fsp3) is 0.103. The number of nitrogens with one attached hydrogen (secondary N) is 3. The summed E-state index contributed by atoms with van der Waals surface area (Å²) in [5, 5.41) is 19.0. The van der Waals surface area contributed by atoms with E-state index in [1.165, 1.54) is 29.2 Å². The number of nitrogens with zero attached hydrogens (tertiary/aromatic N) is 2. The third-order valence-corrected chi connectivity index (χ3v) is 5.60. The van der Waals surface area contributed by atoms with Crippen LogP contribution in [0.15, 0.2) is 103 Å². The molecule has 10 nitrogen and oxygen atoms in total. The molecule has 0 bridgehead atoms. The highest BCUT2D eigenvalue weighted by Gasteiger charge is 2.17. The molecule has 0 unspecified atom stereocenters. The summed E-state index contributed by atoms with van der Waals surface area (Å²) in [6.07, 6.45) is 0. The Bertz CT molecular complexity index is 1430. The summed E-state index contributed by atoms with van der Waals surface area (Å²) in [6.45, 7) is 2.25. The highest BCUT2D eigenvalue weighted by Crippen LogP contribution is 2.25. The van der Waals surface area contributed by atoms with E-state index < -0.39 is 11.0 Å². The summed E-state index contributed by atoms with van der Waals surface area (Å²) in [7, 11) is 0. The Balaban J connectivity index is 1.42. The van der Waals surface area contributed by atoms with Crippen LogP contribution in [0.3, 0.4) is 0 Å². The largest absolute Gasteiger partial charge is 0.457 e. The van der Waals surface area contributed by atoms with Crippen molar-refractivity contribution in [1.82, 2.24) is 5.32 Å². The van der Waals surface area contributed by atoms with Gasteiger partial charge in [-0.05, 0) is 73.2 Å². The van der Waals surface area contributed by atoms with Crippen LogP contribution in [0.2, 0.25) is 0 Å². The van der Waals surface area contributed by atoms with Gasteiger partial charge in [0.05, 0.1) is 4.92 Å². The molecule has 4 rings (SSSR count). The van der Waals surface area contributed by atoms with Crippen LogP contribution in [-0.2, 0) is 0 Å². The summed E-state index contributed by atoms with van der Waals surface area (Å²) in [6, 6.07) is 28.5. The Labute approximate surface area is 225 Å². The van der Waals surface area contributed by atoms with Gasteiger partial charge in [-0.2, -0.15) is 0 Å². The zero-order valence-electron chi connectivity index (χ0n) is 21.2. The molecule has 0 saturated heterocycles. The normalized spacial score (nSPS) is 10.3. The van der Waals surface area contributed by atoms with E-state index in [2.05, 4.69) is 16.0 Å². The molecule has 0 atom stereocenters. The SMILES string of the molecule is Cc1cccc(NC(=O)N(CCNC(=O)Nc2ccc([N+](=O)[O-])cc2)c2ccc(Oc3ccccc3)cc2)c1. The summed E-state index contributed by atoms with van der Waals surface area (Å²) >= 11 is 0. The monoisotopic (exact) mass is 525 g/mol. The van der Waals surface area contributed by atoms with Crippen LogP contribution < -0.4 is 25.6 Å². The number of nitro groups is 1. The van der Waals surface area contributed by atoms with Crippen LogP contribution in [0, 0.1) is 17.0 Å². The molecule has 198 valence electrons. The standard InChI is InChI=1S/C29H27N5O5/c1-21-6-5-7-23(20-21)32-29(36)33(24-14-16-27(17-15-24)39-26-8-3-2-4-9-26)19-18-30-28(35)31-22-10-12-25(13-11-22)34(37)38/h2-17,20H,18-19H2,1H3,(H,32,36)(H2,30,31,35). The molecule has 0 aliphatic heterocycles. The minimum absolute atomic E-state index is 0.0728. The molecule has 0 spiro atoms. The first-order valence-electron chi connectivity index (χ1n) is 12.1. The number of benzene rings is 4. The average Bonchev–Trinajstić information content (AvgIpc) is 2.92. The summed E-state index contributed by atoms with van der Waals surface area (Å²) in [5.41, 5.74) is 2.60. The Kier molecular flexibility index (Phi) is 8.71. The van der Waals surface area contributed by atoms with E-state index >= 15 is 0 Å². The van der Waals surface area contributed by atoms with Crippen molar-refractivity contribution in [1.29, 1.82) is 0 Å². The van der Waals surface area contributed by atoms with Gasteiger partial charge in [-0.3, -0.25) is 15.0 Å². The first-order valence-corrected chi connectivity index (χ1v) is 12.1. The Morgan fingerprint density at radius 2 is 1.51 bits per heavy atom. The second-order valence-electron chi connectivity index (χ2n) is 8.55. The van der Waals surface area contributed by atoms with Gasteiger partial charge < -0.3 is 20.7 Å². The lowest BCUT2D eigenvalue weighted by atomic mass is 10.2. The fourth-order valence-electron chi connectivity index (χ4n) is 3.70. The van der Waals surface area contributed by atoms with E-state index in [9.17, 15) is 19.7 Å². The Morgan fingerprint density at radius 1 is 0.821 bits per heavy atom. The molecule has 0 aliphatic rings. The predicted molar refractivity (Wildman–Crippen MR) is 151 cm³/mol. The third-order valence-electron chi connectivity index (χ3n) is 5.60. The molecule has 39 heavy (non-hydrogen) atoms. The van der Waals surface area contributed by atoms with Crippen molar-refractivity contribution in [3.05, 3.63) is 119 Å². The first-order chi connectivity index (χ1) is 18.9.